The molecule has 0 aromatic heterocycles. The molecule has 0 bridgehead atoms. The molecular weight excluding hydrogens is 280 g/mol. The van der Waals surface area contributed by atoms with Crippen LogP contribution in [0.3, 0.4) is 0 Å². The van der Waals surface area contributed by atoms with Gasteiger partial charge >= 0.3 is 0 Å². The third kappa shape index (κ3) is 1.83. The summed E-state index contributed by atoms with van der Waals surface area (Å²) in [5, 5.41) is 0. The molecule has 0 atom stereocenters. The Kier molecular flexibility index (Phi) is 2.42. The number of sulfonamides is 1. The molecule has 0 unspecified atom stereocenters. The first-order valence-electron chi connectivity index (χ1n) is 4.45. The first-order chi connectivity index (χ1) is 6.89. The fraction of sp³-hybridized carbons (Fsp3) is 0.333. The molecule has 0 radical (unpaired) electrons. The third-order valence-electron chi connectivity index (χ3n) is 2.42. The Hall–Kier alpha value is -0.750. The van der Waals surface area contributed by atoms with Gasteiger partial charge in [-0.1, -0.05) is 15.9 Å². The lowest BCUT2D eigenvalue weighted by molar-refractivity contribution is 0.598. The van der Waals surface area contributed by atoms with Gasteiger partial charge in [-0.15, -0.1) is 0 Å². The van der Waals surface area contributed by atoms with E-state index in [4.69, 9.17) is 5.73 Å². The van der Waals surface area contributed by atoms with Gasteiger partial charge in [0.15, 0.2) is 0 Å². The highest BCUT2D eigenvalue weighted by Gasteiger charge is 2.28. The number of halogens is 1. The van der Waals surface area contributed by atoms with E-state index in [9.17, 15) is 8.42 Å². The lowest BCUT2D eigenvalue weighted by atomic mass is 10.1. The molecule has 0 aliphatic carbocycles. The van der Waals surface area contributed by atoms with Crippen molar-refractivity contribution in [2.45, 2.75) is 6.42 Å². The van der Waals surface area contributed by atoms with Crippen molar-refractivity contribution in [3.05, 3.63) is 22.2 Å². The Morgan fingerprint density at radius 2 is 2.13 bits per heavy atom. The molecule has 0 fully saturated rings. The Morgan fingerprint density at radius 3 is 2.73 bits per heavy atom. The number of nitrogens with two attached hydrogens (primary N) is 1. The highest BCUT2D eigenvalue weighted by Crippen LogP contribution is 2.37. The molecule has 4 nitrogen and oxygen atoms in total. The molecule has 1 aliphatic rings. The number of benzene rings is 1. The van der Waals surface area contributed by atoms with Crippen LogP contribution in [0.15, 0.2) is 16.6 Å². The highest BCUT2D eigenvalue weighted by atomic mass is 79.9. The van der Waals surface area contributed by atoms with E-state index in [1.165, 1.54) is 10.6 Å². The van der Waals surface area contributed by atoms with Gasteiger partial charge in [0.1, 0.15) is 0 Å². The summed E-state index contributed by atoms with van der Waals surface area (Å²) in [6.45, 7) is 0.481. The van der Waals surface area contributed by atoms with Gasteiger partial charge in [-0.3, -0.25) is 4.31 Å². The normalized spacial score (nSPS) is 15.5. The number of fused-ring (bicyclic) bond motifs is 1. The largest absolute Gasteiger partial charge is 0.397 e. The Balaban J connectivity index is 2.61. The molecule has 2 rings (SSSR count). The second kappa shape index (κ2) is 3.38. The van der Waals surface area contributed by atoms with Gasteiger partial charge in [-0.25, -0.2) is 8.42 Å². The molecule has 0 saturated carbocycles. The first-order valence-corrected chi connectivity index (χ1v) is 7.09. The van der Waals surface area contributed by atoms with Gasteiger partial charge in [-0.2, -0.15) is 0 Å². The van der Waals surface area contributed by atoms with Gasteiger partial charge < -0.3 is 5.73 Å². The van der Waals surface area contributed by atoms with E-state index >= 15 is 0 Å². The average molecular weight is 291 g/mol. The van der Waals surface area contributed by atoms with Gasteiger partial charge in [0.05, 0.1) is 17.6 Å². The lowest BCUT2D eigenvalue weighted by Crippen LogP contribution is -2.28. The highest BCUT2D eigenvalue weighted by molar-refractivity contribution is 9.10. The van der Waals surface area contributed by atoms with Crippen LogP contribution in [0.2, 0.25) is 0 Å². The molecule has 1 aliphatic heterocycles. The minimum Gasteiger partial charge on any atom is -0.397 e. The second-order valence-corrected chi connectivity index (χ2v) is 6.41. The molecule has 0 amide bonds. The molecule has 0 spiro atoms. The van der Waals surface area contributed by atoms with E-state index in [0.717, 1.165) is 10.0 Å². The monoisotopic (exact) mass is 290 g/mol. The average Bonchev–Trinajstić information content (AvgIpc) is 2.45. The van der Waals surface area contributed by atoms with Crippen molar-refractivity contribution >= 4 is 37.3 Å². The van der Waals surface area contributed by atoms with Gasteiger partial charge in [0.25, 0.3) is 0 Å². The van der Waals surface area contributed by atoms with E-state index in [1.807, 2.05) is 6.07 Å². The number of hydrogen-bond donors (Lipinski definition) is 1. The molecular formula is C9H11BrN2O2S. The summed E-state index contributed by atoms with van der Waals surface area (Å²) < 4.78 is 25.2. The summed E-state index contributed by atoms with van der Waals surface area (Å²) in [5.74, 6) is 0. The van der Waals surface area contributed by atoms with Crippen molar-refractivity contribution in [2.24, 2.45) is 0 Å². The molecule has 1 aromatic rings. The molecule has 6 heteroatoms. The predicted molar refractivity (Wildman–Crippen MR) is 64.4 cm³/mol. The summed E-state index contributed by atoms with van der Waals surface area (Å²) in [7, 11) is -3.21. The van der Waals surface area contributed by atoms with Crippen molar-refractivity contribution in [3.8, 4) is 0 Å². The number of rotatable bonds is 1. The second-order valence-electron chi connectivity index (χ2n) is 3.59. The standard InChI is InChI=1S/C9H11BrN2O2S/c1-15(13,14)12-3-2-6-4-7(10)5-8(11)9(6)12/h4-5H,2-3,11H2,1H3. The zero-order chi connectivity index (χ0) is 11.2. The topological polar surface area (TPSA) is 63.4 Å². The predicted octanol–water partition coefficient (Wildman–Crippen LogP) is 1.35. The minimum absolute atomic E-state index is 0.481. The van der Waals surface area contributed by atoms with Crippen molar-refractivity contribution in [1.82, 2.24) is 0 Å². The van der Waals surface area contributed by atoms with E-state index in [0.29, 0.717) is 24.3 Å². The molecule has 2 N–H and O–H groups in total. The van der Waals surface area contributed by atoms with Gasteiger partial charge in [0, 0.05) is 11.0 Å². The molecule has 1 aromatic carbocycles. The molecule has 0 saturated heterocycles. The van der Waals surface area contributed by atoms with Crippen molar-refractivity contribution in [2.75, 3.05) is 22.8 Å². The van der Waals surface area contributed by atoms with Crippen LogP contribution in [0.1, 0.15) is 5.56 Å². The fourth-order valence-electron chi connectivity index (χ4n) is 1.84. The van der Waals surface area contributed by atoms with E-state index in [1.54, 1.807) is 6.07 Å². The number of anilines is 2. The van der Waals surface area contributed by atoms with Gasteiger partial charge in [-0.05, 0) is 24.1 Å². The Bertz CT molecular complexity index is 513. The quantitative estimate of drug-likeness (QED) is 0.794. The van der Waals surface area contributed by atoms with Crippen LogP contribution in [0.25, 0.3) is 0 Å². The zero-order valence-electron chi connectivity index (χ0n) is 8.20. The Morgan fingerprint density at radius 1 is 1.47 bits per heavy atom. The van der Waals surface area contributed by atoms with Crippen LogP contribution >= 0.6 is 15.9 Å². The third-order valence-corrected chi connectivity index (χ3v) is 4.04. The number of hydrogen-bond acceptors (Lipinski definition) is 3. The minimum atomic E-state index is -3.21. The summed E-state index contributed by atoms with van der Waals surface area (Å²) in [4.78, 5) is 0. The maximum Gasteiger partial charge on any atom is 0.232 e. The van der Waals surface area contributed by atoms with E-state index in [-0.39, 0.29) is 0 Å². The smallest absolute Gasteiger partial charge is 0.232 e. The van der Waals surface area contributed by atoms with Crippen molar-refractivity contribution in [1.29, 1.82) is 0 Å². The molecule has 15 heavy (non-hydrogen) atoms. The first kappa shape index (κ1) is 10.8. The van der Waals surface area contributed by atoms with Crippen LogP contribution < -0.4 is 10.0 Å². The van der Waals surface area contributed by atoms with Crippen LogP contribution in [-0.2, 0) is 16.4 Å². The Labute approximate surface area is 97.2 Å². The van der Waals surface area contributed by atoms with Crippen LogP contribution in [0.5, 0.6) is 0 Å². The van der Waals surface area contributed by atoms with Gasteiger partial charge in [0.2, 0.25) is 10.0 Å². The lowest BCUT2D eigenvalue weighted by Gasteiger charge is -2.18. The SMILES string of the molecule is CS(=O)(=O)N1CCc2cc(Br)cc(N)c21. The van der Waals surface area contributed by atoms with E-state index < -0.39 is 10.0 Å². The van der Waals surface area contributed by atoms with Crippen molar-refractivity contribution in [3.63, 3.8) is 0 Å². The van der Waals surface area contributed by atoms with Crippen LogP contribution in [-0.4, -0.2) is 21.2 Å². The molecule has 82 valence electrons. The maximum atomic E-state index is 11.5. The maximum absolute atomic E-state index is 11.5. The van der Waals surface area contributed by atoms with Crippen LogP contribution in [0, 0.1) is 0 Å². The fourth-order valence-corrected chi connectivity index (χ4v) is 3.34. The zero-order valence-corrected chi connectivity index (χ0v) is 10.6. The van der Waals surface area contributed by atoms with Crippen LogP contribution in [0.4, 0.5) is 11.4 Å². The number of nitrogen functional groups attached to an aromatic ring is 1. The van der Waals surface area contributed by atoms with E-state index in [2.05, 4.69) is 15.9 Å². The summed E-state index contributed by atoms with van der Waals surface area (Å²) in [6, 6.07) is 3.64. The summed E-state index contributed by atoms with van der Waals surface area (Å²) >= 11 is 3.34. The number of nitrogens with zero attached hydrogens (tertiary/aromatic N) is 1. The van der Waals surface area contributed by atoms with Crippen molar-refractivity contribution < 1.29 is 8.42 Å². The summed E-state index contributed by atoms with van der Waals surface area (Å²) in [6.07, 6.45) is 1.91. The summed E-state index contributed by atoms with van der Waals surface area (Å²) in [5.41, 5.74) is 7.94. The molecule has 1 heterocycles.